The van der Waals surface area contributed by atoms with Crippen LogP contribution in [0.3, 0.4) is 0 Å². The van der Waals surface area contributed by atoms with Gasteiger partial charge < -0.3 is 15.4 Å². The van der Waals surface area contributed by atoms with Gasteiger partial charge in [0.15, 0.2) is 6.61 Å². The fourth-order valence-corrected chi connectivity index (χ4v) is 4.71. The zero-order valence-electron chi connectivity index (χ0n) is 18.0. The van der Waals surface area contributed by atoms with Gasteiger partial charge in [0, 0.05) is 23.6 Å². The van der Waals surface area contributed by atoms with Crippen LogP contribution < -0.4 is 15.4 Å². The van der Waals surface area contributed by atoms with Gasteiger partial charge in [0.2, 0.25) is 0 Å². The third-order valence-corrected chi connectivity index (χ3v) is 7.40. The van der Waals surface area contributed by atoms with Gasteiger partial charge in [-0.15, -0.1) is 0 Å². The van der Waals surface area contributed by atoms with E-state index in [2.05, 4.69) is 25.0 Å². The Morgan fingerprint density at radius 2 is 2.09 bits per heavy atom. The summed E-state index contributed by atoms with van der Waals surface area (Å²) in [4.78, 5) is 20.1. The molecule has 1 saturated heterocycles. The number of carbonyl (C=O) groups excluding carboxylic acids is 1. The van der Waals surface area contributed by atoms with Gasteiger partial charge in [-0.05, 0) is 31.5 Å². The standard InChI is InChI=1S/C22H20F2N6O3S/c1-13(10-25)28-20(31)11-33-19-7-14(23)3-4-17(19)29-22-21-16(24)8-15(9-18(21)26-12-27-22)30-34(32)5-2-6-34/h3-4,7-9,12-13H,2,5-6,11H2,1H3,(H,28,31)(H,26,27,29)/t13-/m1/s1. The molecule has 0 bridgehead atoms. The lowest BCUT2D eigenvalue weighted by atomic mass is 10.2. The Hall–Kier alpha value is -3.85. The highest BCUT2D eigenvalue weighted by atomic mass is 32.2. The number of benzene rings is 2. The molecule has 2 aromatic carbocycles. The number of amides is 1. The van der Waals surface area contributed by atoms with Crippen molar-refractivity contribution < 1.29 is 22.5 Å². The summed E-state index contributed by atoms with van der Waals surface area (Å²) < 4.78 is 50.9. The largest absolute Gasteiger partial charge is 0.481 e. The molecule has 2 N–H and O–H groups in total. The van der Waals surface area contributed by atoms with E-state index in [1.165, 1.54) is 37.5 Å². The fraction of sp³-hybridized carbons (Fsp3) is 0.273. The third-order valence-electron chi connectivity index (χ3n) is 5.00. The van der Waals surface area contributed by atoms with Gasteiger partial charge in [-0.1, -0.05) is 0 Å². The summed E-state index contributed by atoms with van der Waals surface area (Å²) in [6.45, 7) is 1.04. The van der Waals surface area contributed by atoms with E-state index in [1.807, 2.05) is 6.07 Å². The molecule has 0 spiro atoms. The van der Waals surface area contributed by atoms with Gasteiger partial charge in [0.25, 0.3) is 5.91 Å². The number of carbonyl (C=O) groups is 1. The summed E-state index contributed by atoms with van der Waals surface area (Å²) in [5, 5.41) is 14.1. The molecular weight excluding hydrogens is 466 g/mol. The number of nitrogens with one attached hydrogen (secondary N) is 2. The minimum atomic E-state index is -2.32. The molecule has 0 radical (unpaired) electrons. The summed E-state index contributed by atoms with van der Waals surface area (Å²) in [7, 11) is -2.32. The topological polar surface area (TPSA) is 129 Å². The van der Waals surface area contributed by atoms with Crippen molar-refractivity contribution in [1.82, 2.24) is 15.3 Å². The second-order valence-electron chi connectivity index (χ2n) is 7.64. The van der Waals surface area contributed by atoms with Crippen molar-refractivity contribution in [3.63, 3.8) is 0 Å². The van der Waals surface area contributed by atoms with Gasteiger partial charge >= 0.3 is 0 Å². The quantitative estimate of drug-likeness (QED) is 0.522. The molecule has 1 amide bonds. The second kappa shape index (κ2) is 9.56. The number of ether oxygens (including phenoxy) is 1. The molecule has 0 saturated carbocycles. The first-order valence-corrected chi connectivity index (χ1v) is 12.2. The lowest BCUT2D eigenvalue weighted by molar-refractivity contribution is -0.123. The van der Waals surface area contributed by atoms with E-state index in [4.69, 9.17) is 10.00 Å². The van der Waals surface area contributed by atoms with E-state index in [0.29, 0.717) is 11.5 Å². The molecule has 176 valence electrons. The van der Waals surface area contributed by atoms with Crippen LogP contribution in [0, 0.1) is 23.0 Å². The number of nitrogens with zero attached hydrogens (tertiary/aromatic N) is 4. The molecule has 0 unspecified atom stereocenters. The number of anilines is 2. The summed E-state index contributed by atoms with van der Waals surface area (Å²) in [5.74, 6) is -0.795. The van der Waals surface area contributed by atoms with E-state index in [9.17, 15) is 13.4 Å². The molecule has 2 heterocycles. The van der Waals surface area contributed by atoms with Crippen LogP contribution >= 0.6 is 0 Å². The molecule has 1 aliphatic heterocycles. The van der Waals surface area contributed by atoms with Crippen LogP contribution in [0.25, 0.3) is 10.9 Å². The van der Waals surface area contributed by atoms with Gasteiger partial charge in [-0.2, -0.15) is 9.62 Å². The Morgan fingerprint density at radius 3 is 2.79 bits per heavy atom. The summed E-state index contributed by atoms with van der Waals surface area (Å²) >= 11 is 0. The Kier molecular flexibility index (Phi) is 6.56. The van der Waals surface area contributed by atoms with Crippen molar-refractivity contribution in [3.8, 4) is 11.8 Å². The Balaban J connectivity index is 1.62. The average Bonchev–Trinajstić information content (AvgIpc) is 2.78. The third kappa shape index (κ3) is 5.20. The number of nitriles is 1. The molecule has 3 aromatic rings. The number of fused-ring (bicyclic) bond motifs is 1. The number of aromatic nitrogens is 2. The minimum Gasteiger partial charge on any atom is -0.481 e. The van der Waals surface area contributed by atoms with E-state index in [-0.39, 0.29) is 33.8 Å². The van der Waals surface area contributed by atoms with Crippen LogP contribution in [0.4, 0.5) is 26.0 Å². The smallest absolute Gasteiger partial charge is 0.258 e. The maximum atomic E-state index is 15.0. The van der Waals surface area contributed by atoms with Crippen molar-refractivity contribution in [3.05, 3.63) is 48.3 Å². The second-order valence-corrected chi connectivity index (χ2v) is 10.2. The number of hydrogen-bond acceptors (Lipinski definition) is 8. The predicted molar refractivity (Wildman–Crippen MR) is 122 cm³/mol. The summed E-state index contributed by atoms with van der Waals surface area (Å²) in [5.41, 5.74) is 0.712. The maximum absolute atomic E-state index is 15.0. The first-order valence-electron chi connectivity index (χ1n) is 10.3. The van der Waals surface area contributed by atoms with Gasteiger partial charge in [-0.3, -0.25) is 4.79 Å². The minimum absolute atomic E-state index is 0.0135. The van der Waals surface area contributed by atoms with Crippen molar-refractivity contribution in [1.29, 1.82) is 5.26 Å². The van der Waals surface area contributed by atoms with Crippen LogP contribution in [0.15, 0.2) is 41.0 Å². The molecule has 0 aliphatic carbocycles. The molecule has 9 nitrogen and oxygen atoms in total. The molecule has 1 atom stereocenters. The van der Waals surface area contributed by atoms with Crippen molar-refractivity contribution in [2.75, 3.05) is 23.4 Å². The highest BCUT2D eigenvalue weighted by molar-refractivity contribution is 7.95. The van der Waals surface area contributed by atoms with Gasteiger partial charge in [-0.25, -0.2) is 23.0 Å². The van der Waals surface area contributed by atoms with Crippen LogP contribution in [0.5, 0.6) is 5.75 Å². The molecule has 1 fully saturated rings. The number of hydrogen-bond donors (Lipinski definition) is 2. The van der Waals surface area contributed by atoms with Crippen molar-refractivity contribution in [2.24, 2.45) is 4.36 Å². The first-order chi connectivity index (χ1) is 16.3. The Morgan fingerprint density at radius 1 is 1.29 bits per heavy atom. The van der Waals surface area contributed by atoms with Crippen LogP contribution in [-0.4, -0.2) is 44.2 Å². The summed E-state index contributed by atoms with van der Waals surface area (Å²) in [6, 6.07) is 7.43. The highest BCUT2D eigenvalue weighted by Crippen LogP contribution is 2.34. The van der Waals surface area contributed by atoms with Gasteiger partial charge in [0.05, 0.1) is 38.1 Å². The number of rotatable bonds is 7. The predicted octanol–water partition coefficient (Wildman–Crippen LogP) is 3.56. The number of halogens is 2. The highest BCUT2D eigenvalue weighted by Gasteiger charge is 2.20. The molecule has 34 heavy (non-hydrogen) atoms. The fourth-order valence-electron chi connectivity index (χ4n) is 3.26. The molecule has 1 aromatic heterocycles. The normalized spacial score (nSPS) is 15.0. The SMILES string of the molecule is C[C@H](C#N)NC(=O)COc1cc(F)ccc1Nc1ncnc2cc(N=S3(=O)CCC3)cc(F)c12. The van der Waals surface area contributed by atoms with E-state index >= 15 is 4.39 Å². The van der Waals surface area contributed by atoms with E-state index in [1.54, 1.807) is 0 Å². The zero-order valence-corrected chi connectivity index (χ0v) is 18.9. The average molecular weight is 487 g/mol. The van der Waals surface area contributed by atoms with Crippen LogP contribution in [0.1, 0.15) is 13.3 Å². The van der Waals surface area contributed by atoms with Crippen LogP contribution in [-0.2, 0) is 14.5 Å². The lowest BCUT2D eigenvalue weighted by Crippen LogP contribution is -2.35. The first kappa shape index (κ1) is 23.3. The molecule has 4 rings (SSSR count). The summed E-state index contributed by atoms with van der Waals surface area (Å²) in [6.07, 6.45) is 2.05. The van der Waals surface area contributed by atoms with Gasteiger partial charge in [0.1, 0.15) is 35.6 Å². The van der Waals surface area contributed by atoms with Crippen molar-refractivity contribution >= 4 is 43.7 Å². The van der Waals surface area contributed by atoms with E-state index < -0.39 is 39.9 Å². The molecular formula is C22H20F2N6O3S. The molecule has 1 aliphatic rings. The maximum Gasteiger partial charge on any atom is 0.258 e. The monoisotopic (exact) mass is 486 g/mol. The van der Waals surface area contributed by atoms with Crippen molar-refractivity contribution in [2.45, 2.75) is 19.4 Å². The Labute approximate surface area is 194 Å². The Bertz CT molecular complexity index is 1420. The van der Waals surface area contributed by atoms with Crippen LogP contribution in [0.2, 0.25) is 0 Å². The van der Waals surface area contributed by atoms with E-state index in [0.717, 1.165) is 12.5 Å². The molecule has 12 heteroatoms. The lowest BCUT2D eigenvalue weighted by Gasteiger charge is -2.18. The zero-order chi connectivity index (χ0) is 24.3.